The van der Waals surface area contributed by atoms with E-state index in [1.165, 1.54) is 5.69 Å². The van der Waals surface area contributed by atoms with Crippen LogP contribution < -0.4 is 5.32 Å². The van der Waals surface area contributed by atoms with Crippen molar-refractivity contribution in [1.82, 2.24) is 24.9 Å². The fraction of sp³-hybridized carbons (Fsp3) is 0.316. The maximum Gasteiger partial charge on any atom is 0.228 e. The number of rotatable bonds is 6. The van der Waals surface area contributed by atoms with Gasteiger partial charge < -0.3 is 19.3 Å². The number of aromatic nitrogens is 3. The number of aryl methyl sites for hydroxylation is 1. The molecule has 2 aromatic heterocycles. The molecular formula is C19H24ClIN6O. The average Bonchev–Trinajstić information content (AvgIpc) is 3.29. The van der Waals surface area contributed by atoms with Crippen LogP contribution in [0.15, 0.2) is 52.1 Å². The van der Waals surface area contributed by atoms with Crippen molar-refractivity contribution in [1.29, 1.82) is 0 Å². The van der Waals surface area contributed by atoms with E-state index < -0.39 is 0 Å². The minimum atomic E-state index is 0. The minimum absolute atomic E-state index is 0. The molecule has 1 N–H and O–H groups in total. The van der Waals surface area contributed by atoms with Gasteiger partial charge in [-0.1, -0.05) is 16.8 Å². The number of hydrogen-bond acceptors (Lipinski definition) is 4. The first-order valence-corrected chi connectivity index (χ1v) is 9.05. The van der Waals surface area contributed by atoms with Gasteiger partial charge in [0.15, 0.2) is 5.96 Å². The first-order valence-electron chi connectivity index (χ1n) is 8.67. The van der Waals surface area contributed by atoms with Crippen LogP contribution in [0.4, 0.5) is 0 Å². The van der Waals surface area contributed by atoms with Gasteiger partial charge in [-0.05, 0) is 36.4 Å². The van der Waals surface area contributed by atoms with Crippen LogP contribution in [0.25, 0.3) is 11.4 Å². The molecule has 0 saturated carbocycles. The number of halogens is 2. The lowest BCUT2D eigenvalue weighted by molar-refractivity contribution is 0.377. The molecule has 9 heteroatoms. The summed E-state index contributed by atoms with van der Waals surface area (Å²) in [6, 6.07) is 11.5. The highest BCUT2D eigenvalue weighted by Gasteiger charge is 2.11. The monoisotopic (exact) mass is 514 g/mol. The molecule has 0 atom stereocenters. The van der Waals surface area contributed by atoms with Crippen molar-refractivity contribution in [3.05, 3.63) is 59.2 Å². The van der Waals surface area contributed by atoms with E-state index in [0.29, 0.717) is 29.7 Å². The van der Waals surface area contributed by atoms with Gasteiger partial charge >= 0.3 is 0 Å². The molecule has 0 unspecified atom stereocenters. The highest BCUT2D eigenvalue weighted by atomic mass is 127. The molecule has 3 rings (SSSR count). The van der Waals surface area contributed by atoms with Gasteiger partial charge in [0, 0.05) is 56.6 Å². The maximum atomic E-state index is 5.91. The molecule has 0 spiro atoms. The third-order valence-electron chi connectivity index (χ3n) is 4.22. The van der Waals surface area contributed by atoms with Gasteiger partial charge in [0.25, 0.3) is 0 Å². The van der Waals surface area contributed by atoms with Crippen molar-refractivity contribution in [3.63, 3.8) is 0 Å². The number of nitrogens with zero attached hydrogens (tertiary/aromatic N) is 5. The second kappa shape index (κ2) is 10.5. The van der Waals surface area contributed by atoms with Crippen LogP contribution in [-0.4, -0.2) is 46.2 Å². The summed E-state index contributed by atoms with van der Waals surface area (Å²) in [5.74, 6) is 1.95. The second-order valence-electron chi connectivity index (χ2n) is 6.21. The zero-order valence-corrected chi connectivity index (χ0v) is 19.2. The largest absolute Gasteiger partial charge is 0.356 e. The third kappa shape index (κ3) is 5.71. The topological polar surface area (TPSA) is 71.5 Å². The van der Waals surface area contributed by atoms with E-state index in [2.05, 4.69) is 36.0 Å². The highest BCUT2D eigenvalue weighted by molar-refractivity contribution is 14.0. The zero-order chi connectivity index (χ0) is 19.2. The Morgan fingerprint density at radius 3 is 2.68 bits per heavy atom. The van der Waals surface area contributed by atoms with Crippen molar-refractivity contribution in [2.45, 2.75) is 13.0 Å². The predicted octanol–water partition coefficient (Wildman–Crippen LogP) is 3.60. The van der Waals surface area contributed by atoms with Gasteiger partial charge in [0.05, 0.1) is 6.54 Å². The van der Waals surface area contributed by atoms with Gasteiger partial charge in [0.1, 0.15) is 0 Å². The van der Waals surface area contributed by atoms with Crippen LogP contribution in [0.3, 0.4) is 0 Å². The molecule has 1 aromatic carbocycles. The SMILES string of the molecule is CN=C(NCCc1nc(-c2ccc(Cl)cc2)no1)N(C)Cc1cccn1C.I. The summed E-state index contributed by atoms with van der Waals surface area (Å²) >= 11 is 5.91. The Labute approximate surface area is 186 Å². The maximum absolute atomic E-state index is 5.91. The Balaban J connectivity index is 0.00000280. The molecule has 0 fully saturated rings. The van der Waals surface area contributed by atoms with E-state index in [9.17, 15) is 0 Å². The smallest absolute Gasteiger partial charge is 0.228 e. The van der Waals surface area contributed by atoms with Gasteiger partial charge in [-0.15, -0.1) is 24.0 Å². The van der Waals surface area contributed by atoms with E-state index in [0.717, 1.165) is 18.1 Å². The molecule has 0 aliphatic carbocycles. The summed E-state index contributed by atoms with van der Waals surface area (Å²) in [5, 5.41) is 8.03. The molecule has 0 aliphatic heterocycles. The first-order chi connectivity index (χ1) is 13.1. The normalized spacial score (nSPS) is 11.2. The molecule has 2 heterocycles. The van der Waals surface area contributed by atoms with E-state index in [1.54, 1.807) is 19.2 Å². The van der Waals surface area contributed by atoms with Gasteiger partial charge in [-0.3, -0.25) is 4.99 Å². The Morgan fingerprint density at radius 2 is 2.04 bits per heavy atom. The molecule has 0 amide bonds. The molecule has 150 valence electrons. The van der Waals surface area contributed by atoms with Crippen LogP contribution in [0.1, 0.15) is 11.6 Å². The average molecular weight is 515 g/mol. The lowest BCUT2D eigenvalue weighted by atomic mass is 10.2. The van der Waals surface area contributed by atoms with Gasteiger partial charge in [-0.2, -0.15) is 4.98 Å². The zero-order valence-electron chi connectivity index (χ0n) is 16.1. The molecule has 0 bridgehead atoms. The first kappa shape index (κ1) is 22.2. The lowest BCUT2D eigenvalue weighted by Crippen LogP contribution is -2.39. The van der Waals surface area contributed by atoms with Crippen molar-refractivity contribution < 1.29 is 4.52 Å². The summed E-state index contributed by atoms with van der Waals surface area (Å²) in [7, 11) is 5.82. The Bertz CT molecular complexity index is 905. The Kier molecular flexibility index (Phi) is 8.31. The standard InChI is InChI=1S/C19H23ClN6O.HI/c1-21-19(26(3)13-16-5-4-12-25(16)2)22-11-10-17-23-18(24-27-17)14-6-8-15(20)9-7-14;/h4-9,12H,10-11,13H2,1-3H3,(H,21,22);1H. The molecule has 28 heavy (non-hydrogen) atoms. The van der Waals surface area contributed by atoms with Crippen LogP contribution in [-0.2, 0) is 20.0 Å². The fourth-order valence-corrected chi connectivity index (χ4v) is 2.84. The van der Waals surface area contributed by atoms with E-state index in [1.807, 2.05) is 38.5 Å². The Morgan fingerprint density at radius 1 is 1.29 bits per heavy atom. The van der Waals surface area contributed by atoms with Crippen LogP contribution in [0.2, 0.25) is 5.02 Å². The minimum Gasteiger partial charge on any atom is -0.356 e. The van der Waals surface area contributed by atoms with Crippen molar-refractivity contribution in [3.8, 4) is 11.4 Å². The van der Waals surface area contributed by atoms with Crippen LogP contribution in [0.5, 0.6) is 0 Å². The van der Waals surface area contributed by atoms with Crippen LogP contribution in [0, 0.1) is 0 Å². The van der Waals surface area contributed by atoms with E-state index in [4.69, 9.17) is 16.1 Å². The van der Waals surface area contributed by atoms with Gasteiger partial charge in [0.2, 0.25) is 11.7 Å². The Hall–Kier alpha value is -2.07. The predicted molar refractivity (Wildman–Crippen MR) is 122 cm³/mol. The van der Waals surface area contributed by atoms with Gasteiger partial charge in [-0.25, -0.2) is 0 Å². The molecule has 7 nitrogen and oxygen atoms in total. The highest BCUT2D eigenvalue weighted by Crippen LogP contribution is 2.18. The number of guanidine groups is 1. The summed E-state index contributed by atoms with van der Waals surface area (Å²) < 4.78 is 7.43. The van der Waals surface area contributed by atoms with Crippen LogP contribution >= 0.6 is 35.6 Å². The third-order valence-corrected chi connectivity index (χ3v) is 4.47. The van der Waals surface area contributed by atoms with E-state index in [-0.39, 0.29) is 24.0 Å². The number of benzene rings is 1. The van der Waals surface area contributed by atoms with Crippen molar-refractivity contribution in [2.75, 3.05) is 20.6 Å². The van der Waals surface area contributed by atoms with Crippen molar-refractivity contribution in [2.24, 2.45) is 12.0 Å². The summed E-state index contributed by atoms with van der Waals surface area (Å²) in [5.41, 5.74) is 2.09. The number of hydrogen-bond donors (Lipinski definition) is 1. The number of nitrogens with one attached hydrogen (secondary N) is 1. The lowest BCUT2D eigenvalue weighted by Gasteiger charge is -2.22. The molecule has 0 radical (unpaired) electrons. The fourth-order valence-electron chi connectivity index (χ4n) is 2.72. The summed E-state index contributed by atoms with van der Waals surface area (Å²) in [4.78, 5) is 10.8. The van der Waals surface area contributed by atoms with E-state index >= 15 is 0 Å². The molecule has 0 aliphatic rings. The summed E-state index contributed by atoms with van der Waals surface area (Å²) in [6.07, 6.45) is 2.64. The molecular weight excluding hydrogens is 491 g/mol. The molecule has 0 saturated heterocycles. The number of aliphatic imine (C=N–C) groups is 1. The quantitative estimate of drug-likeness (QED) is 0.309. The molecule has 3 aromatic rings. The van der Waals surface area contributed by atoms with Crippen molar-refractivity contribution >= 4 is 41.5 Å². The second-order valence-corrected chi connectivity index (χ2v) is 6.65. The summed E-state index contributed by atoms with van der Waals surface area (Å²) in [6.45, 7) is 1.41.